The predicted octanol–water partition coefficient (Wildman–Crippen LogP) is 7.28. The lowest BCUT2D eigenvalue weighted by atomic mass is 9.86. The van der Waals surface area contributed by atoms with Crippen LogP contribution in [0.1, 0.15) is 65.7 Å². The first-order valence-corrected chi connectivity index (χ1v) is 14.5. The predicted molar refractivity (Wildman–Crippen MR) is 159 cm³/mol. The molecule has 6 nitrogen and oxygen atoms in total. The third-order valence-corrected chi connectivity index (χ3v) is 9.35. The lowest BCUT2D eigenvalue weighted by molar-refractivity contribution is 0.146. The summed E-state index contributed by atoms with van der Waals surface area (Å²) in [5, 5.41) is 7.96. The fourth-order valence-electron chi connectivity index (χ4n) is 6.97. The van der Waals surface area contributed by atoms with Crippen molar-refractivity contribution in [1.82, 2.24) is 19.6 Å². The van der Waals surface area contributed by atoms with Gasteiger partial charge in [0.15, 0.2) is 0 Å². The Morgan fingerprint density at radius 3 is 2.71 bits per heavy atom. The Morgan fingerprint density at radius 2 is 1.88 bits per heavy atom. The molecule has 2 aromatic heterocycles. The number of fused-ring (bicyclic) bond motifs is 4. The summed E-state index contributed by atoms with van der Waals surface area (Å²) in [6, 6.07) is 15.4. The maximum atomic E-state index is 13.7. The van der Waals surface area contributed by atoms with Gasteiger partial charge in [-0.25, -0.2) is 13.5 Å². The molecule has 2 aliphatic carbocycles. The number of hydrogen-bond acceptors (Lipinski definition) is 4. The molecule has 2 aliphatic heterocycles. The average molecular weight is 582 g/mol. The van der Waals surface area contributed by atoms with E-state index in [2.05, 4.69) is 35.1 Å². The Morgan fingerprint density at radius 1 is 1.00 bits per heavy atom. The van der Waals surface area contributed by atoms with Crippen LogP contribution in [0.15, 0.2) is 82.9 Å². The van der Waals surface area contributed by atoms with Crippen LogP contribution >= 0.6 is 11.6 Å². The van der Waals surface area contributed by atoms with Gasteiger partial charge in [0.05, 0.1) is 17.9 Å². The Hall–Kier alpha value is -4.17. The SMILES string of the molecule is C=C1CCc2cc(C3=CN=C(C4C5CC5c5cc(-c6cc(Cl)ccc6-n6cc(C(F)F)nn6)cc(=O)n54)C3)ccc2C1. The Bertz CT molecular complexity index is 1940. The molecule has 0 saturated heterocycles. The molecule has 4 aliphatic rings. The van der Waals surface area contributed by atoms with Crippen LogP contribution in [-0.2, 0) is 12.8 Å². The molecular formula is C33H26ClF2N5O. The maximum absolute atomic E-state index is 13.7. The van der Waals surface area contributed by atoms with Gasteiger partial charge in [-0.2, -0.15) is 0 Å². The van der Waals surface area contributed by atoms with Crippen LogP contribution in [0, 0.1) is 5.92 Å². The second kappa shape index (κ2) is 9.42. The normalized spacial score (nSPS) is 22.1. The van der Waals surface area contributed by atoms with Crippen molar-refractivity contribution in [3.05, 3.63) is 117 Å². The van der Waals surface area contributed by atoms with E-state index in [4.69, 9.17) is 16.6 Å². The van der Waals surface area contributed by atoms with Crippen molar-refractivity contribution in [3.8, 4) is 16.8 Å². The van der Waals surface area contributed by atoms with Crippen molar-refractivity contribution >= 4 is 22.9 Å². The number of nitrogens with zero attached hydrogens (tertiary/aromatic N) is 5. The van der Waals surface area contributed by atoms with Gasteiger partial charge in [-0.3, -0.25) is 9.79 Å². The largest absolute Gasteiger partial charge is 0.303 e. The minimum Gasteiger partial charge on any atom is -0.303 e. The third-order valence-electron chi connectivity index (χ3n) is 9.12. The van der Waals surface area contributed by atoms with Crippen LogP contribution in [0.5, 0.6) is 0 Å². The fourth-order valence-corrected chi connectivity index (χ4v) is 7.14. The summed E-state index contributed by atoms with van der Waals surface area (Å²) in [4.78, 5) is 18.6. The molecule has 0 N–H and O–H groups in total. The number of benzene rings is 2. The number of hydrogen-bond donors (Lipinski definition) is 0. The minimum absolute atomic E-state index is 0.0657. The molecule has 9 heteroatoms. The van der Waals surface area contributed by atoms with E-state index >= 15 is 0 Å². The molecule has 0 bridgehead atoms. The van der Waals surface area contributed by atoms with Crippen molar-refractivity contribution in [2.24, 2.45) is 10.9 Å². The zero-order chi connectivity index (χ0) is 28.7. The van der Waals surface area contributed by atoms with Crippen LogP contribution in [0.25, 0.3) is 22.4 Å². The number of allylic oxidation sites excluding steroid dienone is 2. The molecule has 210 valence electrons. The summed E-state index contributed by atoms with van der Waals surface area (Å²) in [6.07, 6.45) is 5.19. The van der Waals surface area contributed by atoms with Crippen LogP contribution in [0.3, 0.4) is 0 Å². The topological polar surface area (TPSA) is 65.1 Å². The summed E-state index contributed by atoms with van der Waals surface area (Å²) in [5.74, 6) is 0.627. The number of rotatable bonds is 5. The van der Waals surface area contributed by atoms with Crippen LogP contribution < -0.4 is 5.56 Å². The van der Waals surface area contributed by atoms with Gasteiger partial charge >= 0.3 is 0 Å². The second-order valence-electron chi connectivity index (χ2n) is 11.7. The van der Waals surface area contributed by atoms with Crippen LogP contribution in [-0.4, -0.2) is 25.3 Å². The standard InChI is InChI=1S/C33H26ClF2N5O/c1-17-2-3-19-9-20(5-4-18(19)8-17)22-10-27(37-15-22)32-26-14-25(26)30-11-21(12-31(42)41(30)32)24-13-23(34)6-7-29(24)40-16-28(33(35)36)38-39-40/h4-7,9,11-13,15-16,25-26,32-33H,1-3,8,10,14H2. The van der Waals surface area contributed by atoms with E-state index in [1.165, 1.54) is 38.7 Å². The molecule has 2 aromatic carbocycles. The fraction of sp³-hybridized carbons (Fsp3) is 0.273. The number of aromatic nitrogens is 4. The van der Waals surface area contributed by atoms with Crippen molar-refractivity contribution in [1.29, 1.82) is 0 Å². The average Bonchev–Trinajstić information content (AvgIpc) is 3.30. The molecule has 8 rings (SSSR count). The number of alkyl halides is 2. The van der Waals surface area contributed by atoms with Crippen molar-refractivity contribution in [2.75, 3.05) is 0 Å². The molecule has 0 spiro atoms. The van der Waals surface area contributed by atoms with Gasteiger partial charge in [-0.05, 0) is 83.7 Å². The maximum Gasteiger partial charge on any atom is 0.283 e. The highest BCUT2D eigenvalue weighted by Gasteiger charge is 2.54. The summed E-state index contributed by atoms with van der Waals surface area (Å²) < 4.78 is 29.6. The molecule has 3 atom stereocenters. The van der Waals surface area contributed by atoms with Gasteiger partial charge in [0.25, 0.3) is 12.0 Å². The minimum atomic E-state index is -2.73. The van der Waals surface area contributed by atoms with Gasteiger partial charge in [-0.1, -0.05) is 47.2 Å². The van der Waals surface area contributed by atoms with Crippen molar-refractivity contribution in [3.63, 3.8) is 0 Å². The first kappa shape index (κ1) is 25.5. The van der Waals surface area contributed by atoms with E-state index in [1.807, 2.05) is 16.8 Å². The molecule has 1 saturated carbocycles. The van der Waals surface area contributed by atoms with Crippen molar-refractivity contribution < 1.29 is 8.78 Å². The van der Waals surface area contributed by atoms with E-state index in [9.17, 15) is 13.6 Å². The molecule has 3 unspecified atom stereocenters. The van der Waals surface area contributed by atoms with Crippen molar-refractivity contribution in [2.45, 2.75) is 50.5 Å². The molecule has 0 radical (unpaired) electrons. The van der Waals surface area contributed by atoms with Gasteiger partial charge in [0.1, 0.15) is 5.69 Å². The Balaban J connectivity index is 1.11. The first-order chi connectivity index (χ1) is 20.3. The van der Waals surface area contributed by atoms with Gasteiger partial charge < -0.3 is 4.57 Å². The number of pyridine rings is 1. The number of aryl methyl sites for hydroxylation is 1. The van der Waals surface area contributed by atoms with E-state index in [0.717, 1.165) is 43.5 Å². The van der Waals surface area contributed by atoms with Gasteiger partial charge in [-0.15, -0.1) is 5.10 Å². The second-order valence-corrected chi connectivity index (χ2v) is 12.2. The summed E-state index contributed by atoms with van der Waals surface area (Å²) >= 11 is 6.35. The summed E-state index contributed by atoms with van der Waals surface area (Å²) in [6.45, 7) is 4.16. The monoisotopic (exact) mass is 581 g/mol. The van der Waals surface area contributed by atoms with Gasteiger partial charge in [0.2, 0.25) is 0 Å². The third kappa shape index (κ3) is 4.11. The molecule has 0 amide bonds. The number of halogens is 3. The summed E-state index contributed by atoms with van der Waals surface area (Å²) in [7, 11) is 0. The highest BCUT2D eigenvalue weighted by molar-refractivity contribution is 6.31. The Kier molecular flexibility index (Phi) is 5.73. The first-order valence-electron chi connectivity index (χ1n) is 14.2. The lowest BCUT2D eigenvalue weighted by Crippen LogP contribution is -2.29. The highest BCUT2D eigenvalue weighted by Crippen LogP contribution is 2.60. The number of aliphatic imine (C=N–C) groups is 1. The lowest BCUT2D eigenvalue weighted by Gasteiger charge is -2.21. The van der Waals surface area contributed by atoms with E-state index in [-0.39, 0.29) is 17.5 Å². The Labute approximate surface area is 245 Å². The smallest absolute Gasteiger partial charge is 0.283 e. The van der Waals surface area contributed by atoms with E-state index in [0.29, 0.717) is 27.8 Å². The van der Waals surface area contributed by atoms with E-state index in [1.54, 1.807) is 24.3 Å². The van der Waals surface area contributed by atoms with Gasteiger partial charge in [0, 0.05) is 46.6 Å². The molecule has 4 aromatic rings. The molecular weight excluding hydrogens is 556 g/mol. The van der Waals surface area contributed by atoms with E-state index < -0.39 is 12.1 Å². The van der Waals surface area contributed by atoms with Crippen LogP contribution in [0.4, 0.5) is 8.78 Å². The quantitative estimate of drug-likeness (QED) is 0.233. The van der Waals surface area contributed by atoms with Crippen LogP contribution in [0.2, 0.25) is 5.02 Å². The molecule has 1 fully saturated rings. The highest BCUT2D eigenvalue weighted by atomic mass is 35.5. The molecule has 42 heavy (non-hydrogen) atoms. The summed E-state index contributed by atoms with van der Waals surface area (Å²) in [5.41, 5.74) is 9.75. The molecule has 4 heterocycles. The zero-order valence-corrected chi connectivity index (χ0v) is 23.4. The zero-order valence-electron chi connectivity index (χ0n) is 22.6.